The molecule has 352 valence electrons. The number of esters is 1. The fourth-order valence-electron chi connectivity index (χ4n) is 16.7. The smallest absolute Gasteiger partial charge is 0.407 e. The number of carbonyl (C=O) groups is 3. The molecule has 11 nitrogen and oxygen atoms in total. The fourth-order valence-corrected chi connectivity index (χ4v) is 17.9. The number of ether oxygens (including phenoxy) is 2. The van der Waals surface area contributed by atoms with Crippen molar-refractivity contribution in [3.8, 4) is 0 Å². The van der Waals surface area contributed by atoms with Crippen LogP contribution in [0.4, 0.5) is 4.79 Å². The van der Waals surface area contributed by atoms with Crippen molar-refractivity contribution < 1.29 is 37.4 Å². The molecule has 12 heteroatoms. The third-order valence-corrected chi connectivity index (χ3v) is 22.5. The highest BCUT2D eigenvalue weighted by Crippen LogP contribution is 2.78. The summed E-state index contributed by atoms with van der Waals surface area (Å²) in [6, 6.07) is -0.0416. The van der Waals surface area contributed by atoms with Gasteiger partial charge in [-0.1, -0.05) is 55.4 Å². The monoisotopic (exact) mass is 886 g/mol. The molecule has 0 radical (unpaired) electrons. The highest BCUT2D eigenvalue weighted by Gasteiger charge is 2.72. The lowest BCUT2D eigenvalue weighted by molar-refractivity contribution is -0.249. The first-order chi connectivity index (χ1) is 28.6. The van der Waals surface area contributed by atoms with Crippen LogP contribution in [0.1, 0.15) is 160 Å². The second-order valence-corrected chi connectivity index (χ2v) is 27.8. The summed E-state index contributed by atoms with van der Waals surface area (Å²) < 4.78 is 37.2. The van der Waals surface area contributed by atoms with Crippen LogP contribution in [0.15, 0.2) is 0 Å². The van der Waals surface area contributed by atoms with E-state index in [1.165, 1.54) is 51.4 Å². The van der Waals surface area contributed by atoms with E-state index in [4.69, 9.17) is 9.47 Å². The molecule has 7 saturated carbocycles. The highest BCUT2D eigenvalue weighted by molar-refractivity contribution is 7.91. The molecule has 1 aliphatic heterocycles. The van der Waals surface area contributed by atoms with E-state index in [9.17, 15) is 27.9 Å². The molecule has 1 amide bonds. The maximum Gasteiger partial charge on any atom is 0.407 e. The molecule has 8 aliphatic rings. The molecule has 7 aliphatic carbocycles. The van der Waals surface area contributed by atoms with E-state index in [1.54, 1.807) is 0 Å². The molecule has 0 aromatic heterocycles. The number of amides is 1. The average Bonchev–Trinajstić information content (AvgIpc) is 3.78. The van der Waals surface area contributed by atoms with Crippen molar-refractivity contribution in [2.45, 2.75) is 183 Å². The molecule has 1 heterocycles. The molecule has 8 fully saturated rings. The number of rotatable bonds is 10. The Labute approximate surface area is 374 Å². The summed E-state index contributed by atoms with van der Waals surface area (Å²) in [6.07, 6.45) is 13.9. The number of hydrogen-bond donors (Lipinski definition) is 3. The Balaban J connectivity index is 1.01. The predicted octanol–water partition coefficient (Wildman–Crippen LogP) is 8.49. The molecule has 0 aromatic rings. The van der Waals surface area contributed by atoms with Gasteiger partial charge in [0.15, 0.2) is 9.84 Å². The Morgan fingerprint density at radius 1 is 0.742 bits per heavy atom. The van der Waals surface area contributed by atoms with E-state index in [1.807, 2.05) is 34.6 Å². The third-order valence-electron chi connectivity index (χ3n) is 20.9. The van der Waals surface area contributed by atoms with E-state index < -0.39 is 38.8 Å². The lowest BCUT2D eigenvalue weighted by Crippen LogP contribution is -2.69. The SMILES string of the molecule is CC(C)(C)OC(=O)NC[C@@H](CN[C@]12CC[C@@H](C3(C)CC3)[C@@H]1[C@H]1CC[C@@H]3[C@@]4(C)CC[C@H](OC(=O)[C@H]5C[C@@H](C(=O)O)C5(C)C)C(C)(C)[C@@H]4CC[C@@]3(C)[C@]1(C)CC2)N1CCS(=O)(=O)CC1. The summed E-state index contributed by atoms with van der Waals surface area (Å²) in [5.41, 5.74) is -0.456. The first-order valence-corrected chi connectivity index (χ1v) is 26.5. The van der Waals surface area contributed by atoms with Gasteiger partial charge in [0, 0.05) is 43.2 Å². The van der Waals surface area contributed by atoms with Crippen LogP contribution in [0.3, 0.4) is 0 Å². The van der Waals surface area contributed by atoms with Crippen LogP contribution >= 0.6 is 0 Å². The van der Waals surface area contributed by atoms with E-state index in [2.05, 4.69) is 57.1 Å². The number of nitrogens with zero attached hydrogens (tertiary/aromatic N) is 1. The lowest BCUT2D eigenvalue weighted by Gasteiger charge is -2.73. The first kappa shape index (κ1) is 46.6. The minimum Gasteiger partial charge on any atom is -0.481 e. The van der Waals surface area contributed by atoms with Crippen molar-refractivity contribution in [1.82, 2.24) is 15.5 Å². The molecule has 8 rings (SSSR count). The molecular weight excluding hydrogens is 803 g/mol. The third kappa shape index (κ3) is 7.57. The van der Waals surface area contributed by atoms with E-state index in [-0.39, 0.29) is 62.7 Å². The zero-order valence-electron chi connectivity index (χ0n) is 40.3. The summed E-state index contributed by atoms with van der Waals surface area (Å²) in [5.74, 6) is 1.30. The van der Waals surface area contributed by atoms with E-state index >= 15 is 0 Å². The zero-order valence-corrected chi connectivity index (χ0v) is 41.1. The molecule has 0 unspecified atom stereocenters. The van der Waals surface area contributed by atoms with Crippen LogP contribution in [0.25, 0.3) is 0 Å². The number of aliphatic carboxylic acids is 1. The Hall–Kier alpha value is -1.92. The standard InChI is InChI=1S/C50H83N3O8S/c1-43(2,3)61-42(57)51-29-31(53-24-26-62(58,59)27-25-53)30-52-50-19-14-32(46(8)20-21-46)39(50)33-12-13-37-47(9)17-16-38(60-41(56)35-28-34(40(54)55)44(35,4)5)45(6,7)36(47)15-18-49(37,11)48(33,10)22-23-50/h31-39,52H,12-30H2,1-11H3,(H,51,57)(H,54,55)/t31-,32+,33+,34-,35+,36-,37+,38-,39+,47-,48+,49+,50-/m0/s1. The summed E-state index contributed by atoms with van der Waals surface area (Å²) in [6.45, 7) is 26.8. The maximum absolute atomic E-state index is 13.7. The largest absolute Gasteiger partial charge is 0.481 e. The lowest BCUT2D eigenvalue weighted by atomic mass is 9.32. The minimum atomic E-state index is -3.05. The number of carbonyl (C=O) groups excluding carboxylic acids is 2. The van der Waals surface area contributed by atoms with Crippen LogP contribution in [0.5, 0.6) is 0 Å². The molecule has 0 aromatic carbocycles. The number of alkyl carbamates (subject to hydrolysis) is 1. The molecule has 0 spiro atoms. The number of carboxylic acids is 1. The zero-order chi connectivity index (χ0) is 45.3. The second-order valence-electron chi connectivity index (χ2n) is 25.5. The Kier molecular flexibility index (Phi) is 11.5. The van der Waals surface area contributed by atoms with Gasteiger partial charge in [0.2, 0.25) is 0 Å². The van der Waals surface area contributed by atoms with Crippen LogP contribution in [0, 0.1) is 73.9 Å². The first-order valence-electron chi connectivity index (χ1n) is 24.7. The van der Waals surface area contributed by atoms with Crippen molar-refractivity contribution in [3.05, 3.63) is 0 Å². The molecule has 1 saturated heterocycles. The van der Waals surface area contributed by atoms with Gasteiger partial charge >= 0.3 is 18.0 Å². The van der Waals surface area contributed by atoms with Crippen molar-refractivity contribution in [1.29, 1.82) is 0 Å². The number of fused-ring (bicyclic) bond motifs is 7. The van der Waals surface area contributed by atoms with E-state index in [0.717, 1.165) is 25.7 Å². The van der Waals surface area contributed by atoms with E-state index in [0.29, 0.717) is 67.6 Å². The van der Waals surface area contributed by atoms with Crippen molar-refractivity contribution in [2.24, 2.45) is 73.9 Å². The summed E-state index contributed by atoms with van der Waals surface area (Å²) in [7, 11) is -3.05. The van der Waals surface area contributed by atoms with Crippen molar-refractivity contribution >= 4 is 27.9 Å². The van der Waals surface area contributed by atoms with Gasteiger partial charge in [-0.2, -0.15) is 0 Å². The maximum atomic E-state index is 13.7. The van der Waals surface area contributed by atoms with Gasteiger partial charge in [-0.3, -0.25) is 14.5 Å². The van der Waals surface area contributed by atoms with Crippen LogP contribution in [-0.2, 0) is 28.9 Å². The van der Waals surface area contributed by atoms with Gasteiger partial charge in [0.1, 0.15) is 11.7 Å². The highest BCUT2D eigenvalue weighted by atomic mass is 32.2. The topological polar surface area (TPSA) is 151 Å². The number of carboxylic acid groups (broad SMARTS) is 1. The van der Waals surface area contributed by atoms with Crippen molar-refractivity contribution in [3.63, 3.8) is 0 Å². The minimum absolute atomic E-state index is 0.0141. The summed E-state index contributed by atoms with van der Waals surface area (Å²) in [4.78, 5) is 40.8. The Bertz CT molecular complexity index is 1880. The Morgan fingerprint density at radius 3 is 2.03 bits per heavy atom. The number of hydrogen-bond acceptors (Lipinski definition) is 9. The van der Waals surface area contributed by atoms with Crippen LogP contribution in [-0.4, -0.2) is 97.4 Å². The van der Waals surface area contributed by atoms with Gasteiger partial charge in [-0.05, 0) is 161 Å². The molecule has 62 heavy (non-hydrogen) atoms. The molecular formula is C50H83N3O8S. The van der Waals surface area contributed by atoms with Gasteiger partial charge in [0.05, 0.1) is 23.3 Å². The molecule has 13 atom stereocenters. The number of nitrogens with one attached hydrogen (secondary N) is 2. The second kappa shape index (κ2) is 15.3. The summed E-state index contributed by atoms with van der Waals surface area (Å²) in [5, 5.41) is 17.1. The van der Waals surface area contributed by atoms with Crippen molar-refractivity contribution in [2.75, 3.05) is 37.7 Å². The molecule has 3 N–H and O–H groups in total. The average molecular weight is 886 g/mol. The quantitative estimate of drug-likeness (QED) is 0.182. The predicted molar refractivity (Wildman–Crippen MR) is 241 cm³/mol. The van der Waals surface area contributed by atoms with Gasteiger partial charge < -0.3 is 25.2 Å². The number of sulfone groups is 1. The van der Waals surface area contributed by atoms with Gasteiger partial charge in [-0.25, -0.2) is 13.2 Å². The van der Waals surface area contributed by atoms with Gasteiger partial charge in [-0.15, -0.1) is 0 Å². The van der Waals surface area contributed by atoms with Crippen LogP contribution < -0.4 is 10.6 Å². The summed E-state index contributed by atoms with van der Waals surface area (Å²) >= 11 is 0. The fraction of sp³-hybridized carbons (Fsp3) is 0.940. The Morgan fingerprint density at radius 2 is 1.42 bits per heavy atom. The normalized spacial score (nSPS) is 44.2. The van der Waals surface area contributed by atoms with Crippen LogP contribution in [0.2, 0.25) is 0 Å². The van der Waals surface area contributed by atoms with Gasteiger partial charge in [0.25, 0.3) is 0 Å². The molecule has 0 bridgehead atoms.